The molecule has 2 aromatic rings. The van der Waals surface area contributed by atoms with E-state index in [0.29, 0.717) is 16.2 Å². The molecule has 0 fully saturated rings. The molecule has 0 aromatic heterocycles. The molecule has 0 spiro atoms. The number of amides is 1. The van der Waals surface area contributed by atoms with Crippen LogP contribution in [0.2, 0.25) is 5.02 Å². The quantitative estimate of drug-likeness (QED) is 0.780. The molecule has 0 saturated carbocycles. The molecular weight excluding hydrogens is 262 g/mol. The lowest BCUT2D eigenvalue weighted by molar-refractivity contribution is -0.110. The molecule has 0 aliphatic carbocycles. The molecule has 3 nitrogen and oxygen atoms in total. The first-order chi connectivity index (χ1) is 9.15. The molecule has 0 bridgehead atoms. The summed E-state index contributed by atoms with van der Waals surface area (Å²) in [5.41, 5.74) is 2.65. The lowest BCUT2D eigenvalue weighted by Crippen LogP contribution is -2.03. The zero-order valence-electron chi connectivity index (χ0n) is 9.85. The SMILES string of the molecule is O=C1Nc2ccccc2C1=Cc1cc(Cl)ccc1O. The normalized spacial score (nSPS) is 15.4. The molecule has 1 amide bonds. The molecule has 2 aromatic carbocycles. The Bertz CT molecular complexity index is 707. The Morgan fingerprint density at radius 1 is 1.16 bits per heavy atom. The van der Waals surface area contributed by atoms with Crippen LogP contribution in [0.4, 0.5) is 5.69 Å². The van der Waals surface area contributed by atoms with E-state index in [1.54, 1.807) is 18.2 Å². The van der Waals surface area contributed by atoms with Crippen LogP contribution < -0.4 is 5.32 Å². The summed E-state index contributed by atoms with van der Waals surface area (Å²) in [4.78, 5) is 11.9. The van der Waals surface area contributed by atoms with Crippen molar-refractivity contribution in [1.82, 2.24) is 0 Å². The number of anilines is 1. The zero-order valence-corrected chi connectivity index (χ0v) is 10.6. The Morgan fingerprint density at radius 3 is 2.79 bits per heavy atom. The molecule has 94 valence electrons. The average Bonchev–Trinajstić information content (AvgIpc) is 2.71. The van der Waals surface area contributed by atoms with E-state index in [0.717, 1.165) is 11.3 Å². The molecule has 3 rings (SSSR count). The number of rotatable bonds is 1. The van der Waals surface area contributed by atoms with E-state index in [-0.39, 0.29) is 11.7 Å². The van der Waals surface area contributed by atoms with E-state index in [4.69, 9.17) is 11.6 Å². The van der Waals surface area contributed by atoms with Crippen LogP contribution in [0, 0.1) is 0 Å². The van der Waals surface area contributed by atoms with Crippen LogP contribution >= 0.6 is 11.6 Å². The van der Waals surface area contributed by atoms with Gasteiger partial charge in [0.2, 0.25) is 0 Å². The fraction of sp³-hybridized carbons (Fsp3) is 0. The average molecular weight is 272 g/mol. The van der Waals surface area contributed by atoms with Crippen molar-refractivity contribution < 1.29 is 9.90 Å². The Labute approximate surface area is 115 Å². The monoisotopic (exact) mass is 271 g/mol. The largest absolute Gasteiger partial charge is 0.507 e. The molecule has 0 atom stereocenters. The van der Waals surface area contributed by atoms with Gasteiger partial charge in [-0.2, -0.15) is 0 Å². The number of benzene rings is 2. The molecule has 19 heavy (non-hydrogen) atoms. The van der Waals surface area contributed by atoms with Crippen LogP contribution in [0.1, 0.15) is 11.1 Å². The highest BCUT2D eigenvalue weighted by atomic mass is 35.5. The van der Waals surface area contributed by atoms with Crippen LogP contribution in [-0.4, -0.2) is 11.0 Å². The van der Waals surface area contributed by atoms with Gasteiger partial charge in [0, 0.05) is 27.4 Å². The minimum Gasteiger partial charge on any atom is -0.507 e. The summed E-state index contributed by atoms with van der Waals surface area (Å²) in [7, 11) is 0. The van der Waals surface area contributed by atoms with Gasteiger partial charge in [-0.3, -0.25) is 4.79 Å². The van der Waals surface area contributed by atoms with E-state index < -0.39 is 0 Å². The van der Waals surface area contributed by atoms with Gasteiger partial charge in [-0.15, -0.1) is 0 Å². The van der Waals surface area contributed by atoms with Crippen molar-refractivity contribution in [2.45, 2.75) is 0 Å². The summed E-state index contributed by atoms with van der Waals surface area (Å²) >= 11 is 5.90. The van der Waals surface area contributed by atoms with Gasteiger partial charge in [-0.05, 0) is 30.3 Å². The van der Waals surface area contributed by atoms with Crippen LogP contribution in [0.25, 0.3) is 11.6 Å². The summed E-state index contributed by atoms with van der Waals surface area (Å²) in [6.45, 7) is 0. The van der Waals surface area contributed by atoms with Crippen molar-refractivity contribution >= 4 is 34.8 Å². The molecular formula is C15H10ClNO2. The molecule has 1 aliphatic heterocycles. The molecule has 1 heterocycles. The molecule has 0 unspecified atom stereocenters. The maximum absolute atomic E-state index is 11.9. The van der Waals surface area contributed by atoms with Gasteiger partial charge >= 0.3 is 0 Å². The van der Waals surface area contributed by atoms with E-state index in [1.807, 2.05) is 24.3 Å². The first-order valence-corrected chi connectivity index (χ1v) is 6.14. The second-order valence-corrected chi connectivity index (χ2v) is 4.70. The van der Waals surface area contributed by atoms with Crippen molar-refractivity contribution in [3.05, 3.63) is 58.6 Å². The first-order valence-electron chi connectivity index (χ1n) is 5.76. The van der Waals surface area contributed by atoms with Gasteiger partial charge in [-0.1, -0.05) is 29.8 Å². The van der Waals surface area contributed by atoms with E-state index in [9.17, 15) is 9.90 Å². The summed E-state index contributed by atoms with van der Waals surface area (Å²) in [6.07, 6.45) is 1.64. The molecule has 1 aliphatic rings. The van der Waals surface area contributed by atoms with Gasteiger partial charge in [0.25, 0.3) is 5.91 Å². The van der Waals surface area contributed by atoms with E-state index in [1.165, 1.54) is 6.07 Å². The molecule has 0 saturated heterocycles. The standard InChI is InChI=1S/C15H10ClNO2/c16-10-5-6-14(18)9(7-10)8-12-11-3-1-2-4-13(11)17-15(12)19/h1-8,18H,(H,17,19). The first kappa shape index (κ1) is 11.8. The Kier molecular flexibility index (Phi) is 2.76. The summed E-state index contributed by atoms with van der Waals surface area (Å²) in [5.74, 6) is -0.0883. The summed E-state index contributed by atoms with van der Waals surface area (Å²) in [6, 6.07) is 12.2. The highest BCUT2D eigenvalue weighted by molar-refractivity contribution is 6.35. The molecule has 0 radical (unpaired) electrons. The predicted octanol–water partition coefficient (Wildman–Crippen LogP) is 3.54. The van der Waals surface area contributed by atoms with E-state index >= 15 is 0 Å². The second kappa shape index (κ2) is 4.44. The van der Waals surface area contributed by atoms with Crippen molar-refractivity contribution in [1.29, 1.82) is 0 Å². The van der Waals surface area contributed by atoms with Crippen molar-refractivity contribution in [3.63, 3.8) is 0 Å². The highest BCUT2D eigenvalue weighted by Crippen LogP contribution is 2.34. The van der Waals surface area contributed by atoms with Gasteiger partial charge in [0.1, 0.15) is 5.75 Å². The lowest BCUT2D eigenvalue weighted by Gasteiger charge is -2.02. The number of para-hydroxylation sites is 1. The van der Waals surface area contributed by atoms with Gasteiger partial charge in [-0.25, -0.2) is 0 Å². The fourth-order valence-corrected chi connectivity index (χ4v) is 2.26. The topological polar surface area (TPSA) is 49.3 Å². The van der Waals surface area contributed by atoms with Crippen LogP contribution in [0.5, 0.6) is 5.75 Å². The van der Waals surface area contributed by atoms with E-state index in [2.05, 4.69) is 5.32 Å². The number of hydrogen-bond donors (Lipinski definition) is 2. The minimum atomic E-state index is -0.180. The number of aromatic hydroxyl groups is 1. The Balaban J connectivity index is 2.14. The third kappa shape index (κ3) is 2.09. The van der Waals surface area contributed by atoms with Gasteiger partial charge < -0.3 is 10.4 Å². The molecule has 4 heteroatoms. The number of carbonyl (C=O) groups is 1. The number of phenols is 1. The minimum absolute atomic E-state index is 0.0917. The summed E-state index contributed by atoms with van der Waals surface area (Å²) < 4.78 is 0. The predicted molar refractivity (Wildman–Crippen MR) is 76.1 cm³/mol. The lowest BCUT2D eigenvalue weighted by atomic mass is 10.0. The van der Waals surface area contributed by atoms with Crippen LogP contribution in [0.3, 0.4) is 0 Å². The second-order valence-electron chi connectivity index (χ2n) is 4.26. The van der Waals surface area contributed by atoms with Crippen molar-refractivity contribution in [2.75, 3.05) is 5.32 Å². The number of hydrogen-bond acceptors (Lipinski definition) is 2. The van der Waals surface area contributed by atoms with Crippen molar-refractivity contribution in [3.8, 4) is 5.75 Å². The Morgan fingerprint density at radius 2 is 1.95 bits per heavy atom. The maximum atomic E-state index is 11.9. The zero-order chi connectivity index (χ0) is 13.4. The smallest absolute Gasteiger partial charge is 0.256 e. The number of halogens is 1. The number of phenolic OH excluding ortho intramolecular Hbond substituents is 1. The molecule has 2 N–H and O–H groups in total. The Hall–Kier alpha value is -2.26. The number of fused-ring (bicyclic) bond motifs is 1. The van der Waals surface area contributed by atoms with Gasteiger partial charge in [0.05, 0.1) is 0 Å². The highest BCUT2D eigenvalue weighted by Gasteiger charge is 2.23. The van der Waals surface area contributed by atoms with Crippen LogP contribution in [-0.2, 0) is 4.79 Å². The van der Waals surface area contributed by atoms with Gasteiger partial charge in [0.15, 0.2) is 0 Å². The summed E-state index contributed by atoms with van der Waals surface area (Å²) in [5, 5.41) is 13.1. The third-order valence-electron chi connectivity index (χ3n) is 3.00. The third-order valence-corrected chi connectivity index (χ3v) is 3.23. The van der Waals surface area contributed by atoms with Crippen molar-refractivity contribution in [2.24, 2.45) is 0 Å². The van der Waals surface area contributed by atoms with Crippen LogP contribution in [0.15, 0.2) is 42.5 Å². The number of nitrogens with one attached hydrogen (secondary N) is 1. The maximum Gasteiger partial charge on any atom is 0.256 e. The fourth-order valence-electron chi connectivity index (χ4n) is 2.08. The number of carbonyl (C=O) groups excluding carboxylic acids is 1.